The third-order valence-corrected chi connectivity index (χ3v) is 8.71. The molecular formula is C40H30BrN3O5S. The largest absolute Gasteiger partial charge is 0.457 e. The number of nitrogens with one attached hydrogen (secondary N) is 3. The van der Waals surface area contributed by atoms with Crippen molar-refractivity contribution >= 4 is 62.9 Å². The summed E-state index contributed by atoms with van der Waals surface area (Å²) in [5, 5.41) is 8.46. The maximum atomic E-state index is 13.5. The summed E-state index contributed by atoms with van der Waals surface area (Å²) in [4.78, 5) is 40.0. The van der Waals surface area contributed by atoms with Gasteiger partial charge in [0, 0.05) is 37.9 Å². The van der Waals surface area contributed by atoms with Crippen LogP contribution in [0.3, 0.4) is 0 Å². The lowest BCUT2D eigenvalue weighted by Crippen LogP contribution is -2.30. The lowest BCUT2D eigenvalue weighted by Gasteiger charge is -2.11. The number of carbonyl (C=O) groups excluding carboxylic acids is 3. The zero-order chi connectivity index (χ0) is 34.7. The predicted molar refractivity (Wildman–Crippen MR) is 201 cm³/mol. The Morgan fingerprint density at radius 3 is 2.00 bits per heavy atom. The molecule has 0 radical (unpaired) electrons. The molecule has 0 atom stereocenters. The van der Waals surface area contributed by atoms with Crippen LogP contribution in [0.5, 0.6) is 11.5 Å². The predicted octanol–water partition coefficient (Wildman–Crippen LogP) is 9.64. The van der Waals surface area contributed by atoms with Gasteiger partial charge in [0.2, 0.25) is 5.91 Å². The zero-order valence-corrected chi connectivity index (χ0v) is 28.9. The molecule has 6 aromatic rings. The number of rotatable bonds is 12. The minimum absolute atomic E-state index is 0.00495. The number of anilines is 2. The second-order valence-electron chi connectivity index (χ2n) is 10.8. The van der Waals surface area contributed by atoms with Crippen LogP contribution in [0.2, 0.25) is 0 Å². The van der Waals surface area contributed by atoms with E-state index < -0.39 is 11.8 Å². The Balaban J connectivity index is 1.06. The van der Waals surface area contributed by atoms with E-state index in [1.807, 2.05) is 72.8 Å². The van der Waals surface area contributed by atoms with Crippen molar-refractivity contribution in [3.8, 4) is 22.8 Å². The molecule has 248 valence electrons. The van der Waals surface area contributed by atoms with E-state index >= 15 is 0 Å². The van der Waals surface area contributed by atoms with Gasteiger partial charge in [-0.2, -0.15) is 0 Å². The number of thioether (sulfide) groups is 1. The summed E-state index contributed by atoms with van der Waals surface area (Å²) in [6.07, 6.45) is 1.49. The molecule has 6 rings (SSSR count). The van der Waals surface area contributed by atoms with Gasteiger partial charge >= 0.3 is 0 Å². The van der Waals surface area contributed by atoms with Crippen LogP contribution >= 0.6 is 27.7 Å². The standard InChI is InChI=1S/C40H30BrN3O5S/c41-29-13-11-27(12-14-29)37-24-21-34(49-37)25-36(44-39(46)28-7-3-1-4-8-28)40(47)43-31-17-22-35(23-18-31)50-26-38(45)42-30-15-19-33(20-16-30)48-32-9-5-2-6-10-32/h1-25H,26H2,(H,42,45)(H,43,47)(H,44,46). The number of halogens is 1. The van der Waals surface area contributed by atoms with E-state index in [0.29, 0.717) is 34.2 Å². The molecular weight excluding hydrogens is 714 g/mol. The van der Waals surface area contributed by atoms with Gasteiger partial charge in [-0.25, -0.2) is 0 Å². The van der Waals surface area contributed by atoms with Crippen molar-refractivity contribution in [1.82, 2.24) is 5.32 Å². The number of furan rings is 1. The van der Waals surface area contributed by atoms with E-state index in [-0.39, 0.29) is 17.4 Å². The first-order valence-electron chi connectivity index (χ1n) is 15.5. The highest BCUT2D eigenvalue weighted by Crippen LogP contribution is 2.26. The van der Waals surface area contributed by atoms with Gasteiger partial charge in [0.25, 0.3) is 11.8 Å². The molecule has 10 heteroatoms. The van der Waals surface area contributed by atoms with E-state index in [1.165, 1.54) is 17.8 Å². The van der Waals surface area contributed by atoms with Crippen molar-refractivity contribution in [2.24, 2.45) is 0 Å². The number of hydrogen-bond donors (Lipinski definition) is 3. The Bertz CT molecular complexity index is 2100. The van der Waals surface area contributed by atoms with Crippen molar-refractivity contribution in [2.75, 3.05) is 16.4 Å². The van der Waals surface area contributed by atoms with Crippen molar-refractivity contribution in [3.63, 3.8) is 0 Å². The summed E-state index contributed by atoms with van der Waals surface area (Å²) < 4.78 is 12.7. The molecule has 0 bridgehead atoms. The molecule has 50 heavy (non-hydrogen) atoms. The first kappa shape index (κ1) is 34.0. The Morgan fingerprint density at radius 1 is 0.680 bits per heavy atom. The highest BCUT2D eigenvalue weighted by Gasteiger charge is 2.17. The fourth-order valence-corrected chi connectivity index (χ4v) is 5.66. The Kier molecular flexibility index (Phi) is 11.2. The molecule has 0 spiro atoms. The Hall–Kier alpha value is -5.84. The summed E-state index contributed by atoms with van der Waals surface area (Å²) in [6.45, 7) is 0. The number of carbonyl (C=O) groups is 3. The maximum Gasteiger partial charge on any atom is 0.272 e. The quantitative estimate of drug-likeness (QED) is 0.0851. The fourth-order valence-electron chi connectivity index (χ4n) is 4.69. The first-order valence-corrected chi connectivity index (χ1v) is 17.3. The maximum absolute atomic E-state index is 13.5. The van der Waals surface area contributed by atoms with Gasteiger partial charge < -0.3 is 25.1 Å². The van der Waals surface area contributed by atoms with E-state index in [9.17, 15) is 14.4 Å². The van der Waals surface area contributed by atoms with Gasteiger partial charge in [0.1, 0.15) is 28.7 Å². The van der Waals surface area contributed by atoms with Gasteiger partial charge in [-0.15, -0.1) is 11.8 Å². The van der Waals surface area contributed by atoms with Crippen molar-refractivity contribution in [2.45, 2.75) is 4.90 Å². The summed E-state index contributed by atoms with van der Waals surface area (Å²) in [5.74, 6) is 1.48. The second-order valence-corrected chi connectivity index (χ2v) is 12.8. The van der Waals surface area contributed by atoms with E-state index in [4.69, 9.17) is 9.15 Å². The van der Waals surface area contributed by atoms with E-state index in [1.54, 1.807) is 72.8 Å². The van der Waals surface area contributed by atoms with Gasteiger partial charge in [0.05, 0.1) is 5.75 Å². The normalized spacial score (nSPS) is 11.0. The molecule has 0 fully saturated rings. The molecule has 0 saturated heterocycles. The lowest BCUT2D eigenvalue weighted by atomic mass is 10.2. The fraction of sp³-hybridized carbons (Fsp3) is 0.0250. The molecule has 0 aliphatic carbocycles. The molecule has 1 aromatic heterocycles. The molecule has 3 amide bonds. The number of para-hydroxylation sites is 1. The van der Waals surface area contributed by atoms with E-state index in [0.717, 1.165) is 20.7 Å². The van der Waals surface area contributed by atoms with Crippen molar-refractivity contribution < 1.29 is 23.5 Å². The number of amides is 3. The minimum atomic E-state index is -0.532. The van der Waals surface area contributed by atoms with Crippen LogP contribution in [0.4, 0.5) is 11.4 Å². The van der Waals surface area contributed by atoms with Crippen LogP contribution in [0.25, 0.3) is 17.4 Å². The molecule has 0 aliphatic heterocycles. The summed E-state index contributed by atoms with van der Waals surface area (Å²) >= 11 is 4.80. The van der Waals surface area contributed by atoms with Gasteiger partial charge in [0.15, 0.2) is 0 Å². The van der Waals surface area contributed by atoms with Crippen molar-refractivity contribution in [1.29, 1.82) is 0 Å². The van der Waals surface area contributed by atoms with Crippen LogP contribution in [-0.4, -0.2) is 23.5 Å². The number of benzene rings is 5. The topological polar surface area (TPSA) is 110 Å². The molecule has 0 saturated carbocycles. The molecule has 0 unspecified atom stereocenters. The molecule has 0 aliphatic rings. The number of hydrogen-bond acceptors (Lipinski definition) is 6. The van der Waals surface area contributed by atoms with Gasteiger partial charge in [-0.3, -0.25) is 14.4 Å². The number of ether oxygens (including phenoxy) is 1. The van der Waals surface area contributed by atoms with Gasteiger partial charge in [-0.1, -0.05) is 64.5 Å². The average molecular weight is 745 g/mol. The summed E-state index contributed by atoms with van der Waals surface area (Å²) in [6, 6.07) is 43.6. The highest BCUT2D eigenvalue weighted by atomic mass is 79.9. The Morgan fingerprint density at radius 2 is 1.30 bits per heavy atom. The average Bonchev–Trinajstić information content (AvgIpc) is 3.61. The molecule has 8 nitrogen and oxygen atoms in total. The third-order valence-electron chi connectivity index (χ3n) is 7.17. The van der Waals surface area contributed by atoms with Crippen LogP contribution in [0.15, 0.2) is 165 Å². The van der Waals surface area contributed by atoms with Crippen LogP contribution < -0.4 is 20.7 Å². The van der Waals surface area contributed by atoms with Crippen LogP contribution in [0, 0.1) is 0 Å². The van der Waals surface area contributed by atoms with Crippen molar-refractivity contribution in [3.05, 3.63) is 167 Å². The summed E-state index contributed by atoms with van der Waals surface area (Å²) in [7, 11) is 0. The smallest absolute Gasteiger partial charge is 0.272 e. The highest BCUT2D eigenvalue weighted by molar-refractivity contribution is 9.10. The summed E-state index contributed by atoms with van der Waals surface area (Å²) in [5.41, 5.74) is 2.45. The van der Waals surface area contributed by atoms with Gasteiger partial charge in [-0.05, 0) is 97.1 Å². The second kappa shape index (κ2) is 16.5. The Labute approximate surface area is 301 Å². The van der Waals surface area contributed by atoms with E-state index in [2.05, 4.69) is 31.9 Å². The third kappa shape index (κ3) is 9.62. The molecule has 1 heterocycles. The SMILES string of the molecule is O=C(CSc1ccc(NC(=O)C(=Cc2ccc(-c3ccc(Br)cc3)o2)NC(=O)c2ccccc2)cc1)Nc1ccc(Oc2ccccc2)cc1. The zero-order valence-electron chi connectivity index (χ0n) is 26.5. The minimum Gasteiger partial charge on any atom is -0.457 e. The van der Waals surface area contributed by atoms with Crippen LogP contribution in [0.1, 0.15) is 16.1 Å². The monoisotopic (exact) mass is 743 g/mol. The molecule has 5 aromatic carbocycles. The lowest BCUT2D eigenvalue weighted by molar-refractivity contribution is -0.114. The first-order chi connectivity index (χ1) is 24.4. The van der Waals surface area contributed by atoms with Crippen LogP contribution in [-0.2, 0) is 9.59 Å². The molecule has 3 N–H and O–H groups in total.